The van der Waals surface area contributed by atoms with Gasteiger partial charge in [-0.1, -0.05) is 30.0 Å². The van der Waals surface area contributed by atoms with Gasteiger partial charge in [0.2, 0.25) is 0 Å². The van der Waals surface area contributed by atoms with Crippen molar-refractivity contribution in [2.75, 3.05) is 6.26 Å². The van der Waals surface area contributed by atoms with Crippen LogP contribution in [0.2, 0.25) is 0 Å². The Morgan fingerprint density at radius 1 is 1.10 bits per heavy atom. The lowest BCUT2D eigenvalue weighted by molar-refractivity contribution is -0.385. The number of nitrogens with zero attached hydrogens (tertiary/aromatic N) is 1. The number of aryl methyl sites for hydroxylation is 1. The molecular weight excluding hydrogens is 310 g/mol. The molecule has 0 saturated carbocycles. The summed E-state index contributed by atoms with van der Waals surface area (Å²) in [5.74, 6) is 0. The molecule has 0 aliphatic heterocycles. The van der Waals surface area contributed by atoms with Crippen LogP contribution in [0.15, 0.2) is 57.2 Å². The molecule has 0 radical (unpaired) electrons. The first kappa shape index (κ1) is 15.5. The quantitative estimate of drug-likeness (QED) is 0.636. The maximum absolute atomic E-state index is 11.9. The third-order valence-corrected chi connectivity index (χ3v) is 5.37. The maximum Gasteiger partial charge on any atom is 0.270 e. The molecule has 0 amide bonds. The second-order valence-corrected chi connectivity index (χ2v) is 7.60. The normalized spacial score (nSPS) is 11.3. The Balaban J connectivity index is 2.54. The van der Waals surface area contributed by atoms with Gasteiger partial charge in [-0.2, -0.15) is 0 Å². The van der Waals surface area contributed by atoms with Crippen LogP contribution in [0.25, 0.3) is 0 Å². The lowest BCUT2D eigenvalue weighted by atomic mass is 10.2. The fourth-order valence-electron chi connectivity index (χ4n) is 1.77. The van der Waals surface area contributed by atoms with E-state index in [4.69, 9.17) is 0 Å². The van der Waals surface area contributed by atoms with Crippen LogP contribution in [0.5, 0.6) is 0 Å². The summed E-state index contributed by atoms with van der Waals surface area (Å²) >= 11 is 1.29. The highest BCUT2D eigenvalue weighted by Gasteiger charge is 2.19. The summed E-state index contributed by atoms with van der Waals surface area (Å²) in [7, 11) is -3.55. The summed E-state index contributed by atoms with van der Waals surface area (Å²) in [6.07, 6.45) is 1.05. The average molecular weight is 323 g/mol. The van der Waals surface area contributed by atoms with Crippen LogP contribution in [0.3, 0.4) is 0 Å². The van der Waals surface area contributed by atoms with Crippen molar-refractivity contribution in [1.29, 1.82) is 0 Å². The minimum Gasteiger partial charge on any atom is -0.258 e. The molecule has 2 rings (SSSR count). The van der Waals surface area contributed by atoms with E-state index in [1.54, 1.807) is 0 Å². The Morgan fingerprint density at radius 2 is 1.76 bits per heavy atom. The van der Waals surface area contributed by atoms with Crippen molar-refractivity contribution in [2.24, 2.45) is 0 Å². The van der Waals surface area contributed by atoms with Gasteiger partial charge in [-0.3, -0.25) is 10.1 Å². The molecule has 0 unspecified atom stereocenters. The van der Waals surface area contributed by atoms with Crippen LogP contribution >= 0.6 is 11.8 Å². The Bertz CT molecular complexity index is 800. The zero-order valence-corrected chi connectivity index (χ0v) is 13.1. The highest BCUT2D eigenvalue weighted by molar-refractivity contribution is 8.00. The van der Waals surface area contributed by atoms with Gasteiger partial charge in [0, 0.05) is 28.2 Å². The molecule has 0 spiro atoms. The second kappa shape index (κ2) is 5.87. The zero-order chi connectivity index (χ0) is 15.6. The standard InChI is InChI=1S/C14H13NO4S2/c1-10-5-3-4-6-12(10)20-13-8-7-11(15(16)17)9-14(13)21(2,18)19/h3-9H,1-2H3. The van der Waals surface area contributed by atoms with Crippen molar-refractivity contribution < 1.29 is 13.3 Å². The van der Waals surface area contributed by atoms with Gasteiger partial charge >= 0.3 is 0 Å². The lowest BCUT2D eigenvalue weighted by Crippen LogP contribution is -2.01. The first-order valence-electron chi connectivity index (χ1n) is 6.01. The summed E-state index contributed by atoms with van der Waals surface area (Å²) < 4.78 is 23.7. The lowest BCUT2D eigenvalue weighted by Gasteiger charge is -2.09. The zero-order valence-electron chi connectivity index (χ0n) is 11.4. The van der Waals surface area contributed by atoms with E-state index in [0.29, 0.717) is 4.90 Å². The van der Waals surface area contributed by atoms with E-state index in [-0.39, 0.29) is 10.6 Å². The van der Waals surface area contributed by atoms with Crippen molar-refractivity contribution in [3.8, 4) is 0 Å². The molecule has 0 heterocycles. The molecule has 0 fully saturated rings. The highest BCUT2D eigenvalue weighted by Crippen LogP contribution is 2.36. The molecule has 2 aromatic carbocycles. The molecule has 110 valence electrons. The summed E-state index contributed by atoms with van der Waals surface area (Å²) in [6.45, 7) is 1.92. The predicted octanol–water partition coefficient (Wildman–Crippen LogP) is 3.46. The van der Waals surface area contributed by atoms with Gasteiger partial charge in [0.05, 0.1) is 9.82 Å². The van der Waals surface area contributed by atoms with Gasteiger partial charge in [0.1, 0.15) is 0 Å². The number of non-ortho nitro benzene ring substituents is 1. The predicted molar refractivity (Wildman–Crippen MR) is 81.5 cm³/mol. The van der Waals surface area contributed by atoms with Gasteiger partial charge in [-0.05, 0) is 24.6 Å². The Morgan fingerprint density at radius 3 is 2.33 bits per heavy atom. The van der Waals surface area contributed by atoms with E-state index < -0.39 is 14.8 Å². The Hall–Kier alpha value is -1.86. The molecule has 0 aliphatic rings. The van der Waals surface area contributed by atoms with Crippen LogP contribution in [-0.4, -0.2) is 19.6 Å². The minimum atomic E-state index is -3.55. The third kappa shape index (κ3) is 3.62. The number of nitro groups is 1. The number of nitro benzene ring substituents is 1. The van der Waals surface area contributed by atoms with Gasteiger partial charge in [-0.25, -0.2) is 8.42 Å². The van der Waals surface area contributed by atoms with Crippen molar-refractivity contribution in [3.63, 3.8) is 0 Å². The topological polar surface area (TPSA) is 77.3 Å². The molecular formula is C14H13NO4S2. The number of hydrogen-bond donors (Lipinski definition) is 0. The summed E-state index contributed by atoms with van der Waals surface area (Å²) in [5, 5.41) is 10.8. The highest BCUT2D eigenvalue weighted by atomic mass is 32.2. The third-order valence-electron chi connectivity index (χ3n) is 2.85. The molecule has 2 aromatic rings. The number of benzene rings is 2. The van der Waals surface area contributed by atoms with E-state index in [2.05, 4.69) is 0 Å². The van der Waals surface area contributed by atoms with Crippen molar-refractivity contribution in [3.05, 3.63) is 58.1 Å². The molecule has 7 heteroatoms. The number of sulfone groups is 1. The van der Waals surface area contributed by atoms with E-state index in [9.17, 15) is 18.5 Å². The molecule has 0 saturated heterocycles. The van der Waals surface area contributed by atoms with Gasteiger partial charge in [-0.15, -0.1) is 0 Å². The second-order valence-electron chi connectivity index (χ2n) is 4.53. The Kier molecular flexibility index (Phi) is 4.34. The number of rotatable bonds is 4. The number of hydrogen-bond acceptors (Lipinski definition) is 5. The molecule has 0 bridgehead atoms. The van der Waals surface area contributed by atoms with Gasteiger partial charge in [0.25, 0.3) is 5.69 Å². The smallest absolute Gasteiger partial charge is 0.258 e. The molecule has 0 N–H and O–H groups in total. The monoisotopic (exact) mass is 323 g/mol. The first-order valence-corrected chi connectivity index (χ1v) is 8.72. The molecule has 0 aliphatic carbocycles. The fraction of sp³-hybridized carbons (Fsp3) is 0.143. The minimum absolute atomic E-state index is 0.0232. The van der Waals surface area contributed by atoms with E-state index in [0.717, 1.165) is 22.8 Å². The SMILES string of the molecule is Cc1ccccc1Sc1ccc([N+](=O)[O-])cc1S(C)(=O)=O. The van der Waals surface area contributed by atoms with E-state index in [1.165, 1.54) is 23.9 Å². The van der Waals surface area contributed by atoms with Crippen LogP contribution in [0, 0.1) is 17.0 Å². The Labute approximate surface area is 127 Å². The van der Waals surface area contributed by atoms with Crippen LogP contribution < -0.4 is 0 Å². The van der Waals surface area contributed by atoms with Crippen molar-refractivity contribution in [2.45, 2.75) is 21.6 Å². The summed E-state index contributed by atoms with van der Waals surface area (Å²) in [6, 6.07) is 11.5. The van der Waals surface area contributed by atoms with Crippen LogP contribution in [-0.2, 0) is 9.84 Å². The molecule has 0 atom stereocenters. The maximum atomic E-state index is 11.9. The first-order chi connectivity index (χ1) is 9.79. The average Bonchev–Trinajstić information content (AvgIpc) is 2.40. The molecule has 21 heavy (non-hydrogen) atoms. The van der Waals surface area contributed by atoms with E-state index in [1.807, 2.05) is 31.2 Å². The molecule has 5 nitrogen and oxygen atoms in total. The fourth-order valence-corrected chi connectivity index (χ4v) is 4.03. The van der Waals surface area contributed by atoms with Crippen LogP contribution in [0.1, 0.15) is 5.56 Å². The molecule has 0 aromatic heterocycles. The largest absolute Gasteiger partial charge is 0.270 e. The van der Waals surface area contributed by atoms with Crippen LogP contribution in [0.4, 0.5) is 5.69 Å². The van der Waals surface area contributed by atoms with Gasteiger partial charge in [0.15, 0.2) is 9.84 Å². The van der Waals surface area contributed by atoms with Crippen molar-refractivity contribution in [1.82, 2.24) is 0 Å². The summed E-state index contributed by atoms with van der Waals surface area (Å²) in [5.41, 5.74) is 0.782. The van der Waals surface area contributed by atoms with E-state index >= 15 is 0 Å². The van der Waals surface area contributed by atoms with Gasteiger partial charge < -0.3 is 0 Å². The summed E-state index contributed by atoms with van der Waals surface area (Å²) in [4.78, 5) is 11.6. The van der Waals surface area contributed by atoms with Crippen molar-refractivity contribution >= 4 is 27.3 Å².